The number of nitrogens with zero attached hydrogens (tertiary/aromatic N) is 1. The van der Waals surface area contributed by atoms with Crippen LogP contribution < -0.4 is 5.32 Å². The summed E-state index contributed by atoms with van der Waals surface area (Å²) in [6.45, 7) is 12.4. The van der Waals surface area contributed by atoms with E-state index in [1.54, 1.807) is 11.9 Å². The minimum atomic E-state index is -0.439. The first kappa shape index (κ1) is 18.2. The van der Waals surface area contributed by atoms with Gasteiger partial charge in [-0.15, -0.1) is 0 Å². The molecule has 0 saturated carbocycles. The van der Waals surface area contributed by atoms with Gasteiger partial charge in [0.25, 0.3) is 0 Å². The Hall–Kier alpha value is -0.810. The molecule has 124 valence electrons. The van der Waals surface area contributed by atoms with Gasteiger partial charge < -0.3 is 19.7 Å². The van der Waals surface area contributed by atoms with E-state index in [9.17, 15) is 4.79 Å². The highest BCUT2D eigenvalue weighted by Crippen LogP contribution is 2.14. The van der Waals surface area contributed by atoms with Crippen LogP contribution >= 0.6 is 0 Å². The molecule has 0 aliphatic carbocycles. The molecule has 0 aromatic rings. The highest BCUT2D eigenvalue weighted by Gasteiger charge is 2.22. The lowest BCUT2D eigenvalue weighted by Crippen LogP contribution is -2.42. The average Bonchev–Trinajstić information content (AvgIpc) is 2.34. The summed E-state index contributed by atoms with van der Waals surface area (Å²) in [4.78, 5) is 13.6. The third-order valence-corrected chi connectivity index (χ3v) is 3.53. The lowest BCUT2D eigenvalue weighted by Gasteiger charge is -2.30. The van der Waals surface area contributed by atoms with Crippen LogP contribution in [-0.4, -0.2) is 55.5 Å². The Labute approximate surface area is 129 Å². The summed E-state index contributed by atoms with van der Waals surface area (Å²) in [6, 6.07) is 0.531. The summed E-state index contributed by atoms with van der Waals surface area (Å²) >= 11 is 0. The van der Waals surface area contributed by atoms with Crippen molar-refractivity contribution in [3.63, 3.8) is 0 Å². The zero-order chi connectivity index (χ0) is 16.0. The number of carbonyl (C=O) groups excluding carboxylic acids is 1. The van der Waals surface area contributed by atoms with Crippen LogP contribution in [0.4, 0.5) is 4.79 Å². The smallest absolute Gasteiger partial charge is 0.410 e. The lowest BCUT2D eigenvalue weighted by molar-refractivity contribution is 0.0122. The molecule has 1 heterocycles. The molecular formula is C16H32N2O3. The topological polar surface area (TPSA) is 50.8 Å². The second-order valence-corrected chi connectivity index (χ2v) is 7.28. The van der Waals surface area contributed by atoms with E-state index in [0.29, 0.717) is 24.6 Å². The normalized spacial score (nSPS) is 24.5. The number of ether oxygens (including phenoxy) is 2. The summed E-state index contributed by atoms with van der Waals surface area (Å²) in [5.74, 6) is 0.390. The van der Waals surface area contributed by atoms with Gasteiger partial charge in [0.05, 0.1) is 6.10 Å². The maximum absolute atomic E-state index is 11.9. The van der Waals surface area contributed by atoms with Gasteiger partial charge in [-0.1, -0.05) is 6.92 Å². The summed E-state index contributed by atoms with van der Waals surface area (Å²) in [7, 11) is 1.79. The minimum absolute atomic E-state index is 0.256. The molecule has 0 radical (unpaired) electrons. The predicted molar refractivity (Wildman–Crippen MR) is 84.5 cm³/mol. The quantitative estimate of drug-likeness (QED) is 0.848. The molecule has 3 atom stereocenters. The Morgan fingerprint density at radius 2 is 2.14 bits per heavy atom. The fourth-order valence-electron chi connectivity index (χ4n) is 2.50. The molecule has 1 aliphatic heterocycles. The molecule has 0 aromatic carbocycles. The Balaban J connectivity index is 2.26. The van der Waals surface area contributed by atoms with Crippen molar-refractivity contribution in [3.8, 4) is 0 Å². The minimum Gasteiger partial charge on any atom is -0.444 e. The Bertz CT molecular complexity index is 328. The largest absolute Gasteiger partial charge is 0.444 e. The summed E-state index contributed by atoms with van der Waals surface area (Å²) in [5, 5.41) is 3.59. The van der Waals surface area contributed by atoms with Crippen molar-refractivity contribution in [2.45, 2.75) is 65.2 Å². The summed E-state index contributed by atoms with van der Waals surface area (Å²) < 4.78 is 10.9. The van der Waals surface area contributed by atoms with Crippen LogP contribution in [-0.2, 0) is 9.47 Å². The summed E-state index contributed by atoms with van der Waals surface area (Å²) in [6.07, 6.45) is 2.22. The van der Waals surface area contributed by atoms with Crippen LogP contribution in [0.1, 0.15) is 47.5 Å². The molecular weight excluding hydrogens is 268 g/mol. The van der Waals surface area contributed by atoms with Gasteiger partial charge in [0, 0.05) is 26.2 Å². The van der Waals surface area contributed by atoms with E-state index in [-0.39, 0.29) is 6.09 Å². The number of rotatable bonds is 5. The van der Waals surface area contributed by atoms with E-state index in [4.69, 9.17) is 9.47 Å². The van der Waals surface area contributed by atoms with Gasteiger partial charge >= 0.3 is 6.09 Å². The third-order valence-electron chi connectivity index (χ3n) is 3.53. The first-order chi connectivity index (χ1) is 9.67. The van der Waals surface area contributed by atoms with Crippen molar-refractivity contribution < 1.29 is 14.3 Å². The predicted octanol–water partition coefficient (Wildman–Crippen LogP) is 2.65. The van der Waals surface area contributed by atoms with Crippen molar-refractivity contribution in [3.05, 3.63) is 0 Å². The Morgan fingerprint density at radius 3 is 2.71 bits per heavy atom. The SMILES string of the molecule is CC(CNC1CCOC(C)C1)CN(C)C(=O)OC(C)(C)C. The molecule has 0 bridgehead atoms. The molecule has 1 saturated heterocycles. The van der Waals surface area contributed by atoms with Gasteiger partial charge in [0.2, 0.25) is 0 Å². The molecule has 3 unspecified atom stereocenters. The van der Waals surface area contributed by atoms with Gasteiger partial charge in [0.1, 0.15) is 5.60 Å². The van der Waals surface area contributed by atoms with Crippen molar-refractivity contribution in [1.29, 1.82) is 0 Å². The van der Waals surface area contributed by atoms with Gasteiger partial charge in [-0.2, -0.15) is 0 Å². The van der Waals surface area contributed by atoms with Crippen LogP contribution in [0.25, 0.3) is 0 Å². The second-order valence-electron chi connectivity index (χ2n) is 7.28. The zero-order valence-electron chi connectivity index (χ0n) is 14.4. The molecule has 1 fully saturated rings. The lowest BCUT2D eigenvalue weighted by atomic mass is 10.0. The molecule has 1 aliphatic rings. The maximum atomic E-state index is 11.9. The van der Waals surface area contributed by atoms with E-state index >= 15 is 0 Å². The Morgan fingerprint density at radius 1 is 1.48 bits per heavy atom. The molecule has 5 nitrogen and oxygen atoms in total. The van der Waals surface area contributed by atoms with Gasteiger partial charge in [-0.25, -0.2) is 4.79 Å². The highest BCUT2D eigenvalue weighted by molar-refractivity contribution is 5.67. The molecule has 1 amide bonds. The highest BCUT2D eigenvalue weighted by atomic mass is 16.6. The average molecular weight is 300 g/mol. The molecule has 0 spiro atoms. The van der Waals surface area contributed by atoms with Crippen molar-refractivity contribution in [2.24, 2.45) is 5.92 Å². The monoisotopic (exact) mass is 300 g/mol. The number of carbonyl (C=O) groups is 1. The fourth-order valence-corrected chi connectivity index (χ4v) is 2.50. The number of hydrogen-bond acceptors (Lipinski definition) is 4. The van der Waals surface area contributed by atoms with Crippen LogP contribution in [0.2, 0.25) is 0 Å². The van der Waals surface area contributed by atoms with Crippen molar-refractivity contribution >= 4 is 6.09 Å². The van der Waals surface area contributed by atoms with E-state index in [0.717, 1.165) is 26.0 Å². The molecule has 21 heavy (non-hydrogen) atoms. The van der Waals surface area contributed by atoms with Crippen LogP contribution in [0, 0.1) is 5.92 Å². The molecule has 1 rings (SSSR count). The van der Waals surface area contributed by atoms with Gasteiger partial charge in [-0.3, -0.25) is 0 Å². The van der Waals surface area contributed by atoms with E-state index < -0.39 is 5.60 Å². The van der Waals surface area contributed by atoms with Crippen molar-refractivity contribution in [1.82, 2.24) is 10.2 Å². The number of amides is 1. The van der Waals surface area contributed by atoms with E-state index in [1.165, 1.54) is 0 Å². The number of hydrogen-bond donors (Lipinski definition) is 1. The number of nitrogens with one attached hydrogen (secondary N) is 1. The first-order valence-electron chi connectivity index (χ1n) is 7.96. The van der Waals surface area contributed by atoms with Crippen LogP contribution in [0.15, 0.2) is 0 Å². The first-order valence-corrected chi connectivity index (χ1v) is 7.96. The Kier molecular flexibility index (Phi) is 6.94. The maximum Gasteiger partial charge on any atom is 0.410 e. The summed E-state index contributed by atoms with van der Waals surface area (Å²) in [5.41, 5.74) is -0.439. The standard InChI is InChI=1S/C16H32N2O3/c1-12(10-17-14-7-8-20-13(2)9-14)11-18(6)15(19)21-16(3,4)5/h12-14,17H,7-11H2,1-6H3. The second kappa shape index (κ2) is 7.99. The third kappa shape index (κ3) is 7.67. The van der Waals surface area contributed by atoms with Crippen LogP contribution in [0.5, 0.6) is 0 Å². The van der Waals surface area contributed by atoms with Crippen molar-refractivity contribution in [2.75, 3.05) is 26.7 Å². The van der Waals surface area contributed by atoms with Gasteiger partial charge in [-0.05, 0) is 53.0 Å². The molecule has 1 N–H and O–H groups in total. The van der Waals surface area contributed by atoms with E-state index in [1.807, 2.05) is 20.8 Å². The molecule has 0 aromatic heterocycles. The van der Waals surface area contributed by atoms with E-state index in [2.05, 4.69) is 19.2 Å². The zero-order valence-corrected chi connectivity index (χ0v) is 14.4. The fraction of sp³-hybridized carbons (Fsp3) is 0.938. The van der Waals surface area contributed by atoms with Crippen LogP contribution in [0.3, 0.4) is 0 Å². The van der Waals surface area contributed by atoms with Gasteiger partial charge in [0.15, 0.2) is 0 Å². The molecule has 5 heteroatoms.